The molecule has 55 heavy (non-hydrogen) atoms. The SMILES string of the molecule is c1ccc(-n2c(-c3ccc(N4c5ccccc5Oc5ccccc54)cc3)nc3ccc(N4c5ccccc5-n5c6ccccc6c6cccc4c65)cc32)cc1. The number of para-hydroxylation sites is 9. The van der Waals surface area contributed by atoms with E-state index in [-0.39, 0.29) is 0 Å². The van der Waals surface area contributed by atoms with Crippen molar-refractivity contribution < 1.29 is 4.74 Å². The van der Waals surface area contributed by atoms with Gasteiger partial charge in [-0.15, -0.1) is 0 Å². The second-order valence-electron chi connectivity index (χ2n) is 14.0. The van der Waals surface area contributed by atoms with Gasteiger partial charge in [-0.1, -0.05) is 84.9 Å². The number of anilines is 6. The molecule has 2 aliphatic heterocycles. The van der Waals surface area contributed by atoms with E-state index in [1.807, 2.05) is 24.3 Å². The number of nitrogens with zero attached hydrogens (tertiary/aromatic N) is 5. The van der Waals surface area contributed by atoms with Gasteiger partial charge >= 0.3 is 0 Å². The summed E-state index contributed by atoms with van der Waals surface area (Å²) in [5, 5.41) is 2.50. The Kier molecular flexibility index (Phi) is 6.24. The molecule has 258 valence electrons. The first kappa shape index (κ1) is 29.9. The molecule has 10 aromatic rings. The molecule has 8 aromatic carbocycles. The van der Waals surface area contributed by atoms with E-state index in [4.69, 9.17) is 9.72 Å². The number of ether oxygens (including phenoxy) is 1. The molecule has 2 aromatic heterocycles. The van der Waals surface area contributed by atoms with E-state index in [2.05, 4.69) is 183 Å². The highest BCUT2D eigenvalue weighted by molar-refractivity contribution is 6.16. The number of imidazole rings is 1. The molecule has 0 atom stereocenters. The molecule has 0 N–H and O–H groups in total. The zero-order valence-electron chi connectivity index (χ0n) is 29.5. The maximum Gasteiger partial charge on any atom is 0.151 e. The summed E-state index contributed by atoms with van der Waals surface area (Å²) < 4.78 is 11.0. The van der Waals surface area contributed by atoms with Gasteiger partial charge in [0.05, 0.1) is 50.5 Å². The third kappa shape index (κ3) is 4.33. The summed E-state index contributed by atoms with van der Waals surface area (Å²) in [5.41, 5.74) is 14.1. The van der Waals surface area contributed by atoms with Crippen LogP contribution in [0.5, 0.6) is 11.5 Å². The Morgan fingerprint density at radius 1 is 0.382 bits per heavy atom. The highest BCUT2D eigenvalue weighted by Crippen LogP contribution is 2.52. The zero-order chi connectivity index (χ0) is 36.0. The summed E-state index contributed by atoms with van der Waals surface area (Å²) in [4.78, 5) is 9.99. The lowest BCUT2D eigenvalue weighted by molar-refractivity contribution is 0.477. The lowest BCUT2D eigenvalue weighted by atomic mass is 10.1. The summed E-state index contributed by atoms with van der Waals surface area (Å²) in [6.07, 6.45) is 0. The van der Waals surface area contributed by atoms with Crippen LogP contribution in [-0.4, -0.2) is 14.1 Å². The van der Waals surface area contributed by atoms with Crippen molar-refractivity contribution in [3.05, 3.63) is 188 Å². The van der Waals surface area contributed by atoms with Crippen molar-refractivity contribution in [3.63, 3.8) is 0 Å². The minimum Gasteiger partial charge on any atom is -0.453 e. The van der Waals surface area contributed by atoms with Gasteiger partial charge in [-0.2, -0.15) is 0 Å². The number of aromatic nitrogens is 3. The molecule has 0 spiro atoms. The predicted octanol–water partition coefficient (Wildman–Crippen LogP) is 13.1. The Morgan fingerprint density at radius 2 is 0.982 bits per heavy atom. The highest BCUT2D eigenvalue weighted by Gasteiger charge is 2.29. The van der Waals surface area contributed by atoms with Crippen LogP contribution < -0.4 is 14.5 Å². The summed E-state index contributed by atoms with van der Waals surface area (Å²) in [6, 6.07) is 66.4. The summed E-state index contributed by atoms with van der Waals surface area (Å²) >= 11 is 0. The molecule has 0 radical (unpaired) electrons. The second-order valence-corrected chi connectivity index (χ2v) is 14.0. The van der Waals surface area contributed by atoms with Crippen LogP contribution in [0.4, 0.5) is 34.1 Å². The Bertz CT molecular complexity index is 3100. The molecule has 0 aliphatic carbocycles. The lowest BCUT2D eigenvalue weighted by Gasteiger charge is -2.33. The van der Waals surface area contributed by atoms with Gasteiger partial charge in [-0.05, 0) is 103 Å². The molecule has 6 nitrogen and oxygen atoms in total. The summed E-state index contributed by atoms with van der Waals surface area (Å²) in [5.74, 6) is 2.55. The Labute approximate surface area is 316 Å². The number of benzene rings is 8. The standard InChI is InChI=1S/C49H31N5O/c1-2-13-33(14-3-1)53-45-31-35(52-40-18-6-7-19-41(40)54-39-17-5-4-15-36(39)37-16-12-22-44(52)48(37)54)29-30-38(45)50-49(53)32-25-27-34(28-26-32)51-42-20-8-10-23-46(42)55-47-24-11-9-21-43(47)51/h1-31H. The monoisotopic (exact) mass is 705 g/mol. The Morgan fingerprint density at radius 3 is 1.76 bits per heavy atom. The van der Waals surface area contributed by atoms with Crippen molar-refractivity contribution in [2.45, 2.75) is 0 Å². The minimum atomic E-state index is 0.834. The van der Waals surface area contributed by atoms with Crippen molar-refractivity contribution in [2.24, 2.45) is 0 Å². The average Bonchev–Trinajstić information content (AvgIpc) is 3.80. The molecule has 0 bridgehead atoms. The van der Waals surface area contributed by atoms with E-state index >= 15 is 0 Å². The van der Waals surface area contributed by atoms with Crippen LogP contribution in [0.3, 0.4) is 0 Å². The van der Waals surface area contributed by atoms with E-state index in [1.54, 1.807) is 0 Å². The van der Waals surface area contributed by atoms with E-state index in [9.17, 15) is 0 Å². The van der Waals surface area contributed by atoms with Crippen LogP contribution in [0, 0.1) is 0 Å². The molecule has 0 saturated heterocycles. The molecular weight excluding hydrogens is 675 g/mol. The maximum atomic E-state index is 6.28. The van der Waals surface area contributed by atoms with Crippen LogP contribution in [-0.2, 0) is 0 Å². The molecule has 2 aliphatic rings. The smallest absolute Gasteiger partial charge is 0.151 e. The lowest BCUT2D eigenvalue weighted by Crippen LogP contribution is -2.18. The molecule has 4 heterocycles. The van der Waals surface area contributed by atoms with Gasteiger partial charge in [-0.3, -0.25) is 4.57 Å². The number of hydrogen-bond donors (Lipinski definition) is 0. The Hall–Kier alpha value is -7.57. The van der Waals surface area contributed by atoms with Gasteiger partial charge in [0.15, 0.2) is 11.5 Å². The van der Waals surface area contributed by atoms with Gasteiger partial charge in [-0.25, -0.2) is 4.98 Å². The number of rotatable bonds is 4. The first-order chi connectivity index (χ1) is 27.3. The van der Waals surface area contributed by atoms with E-state index in [0.717, 1.165) is 79.4 Å². The van der Waals surface area contributed by atoms with Gasteiger partial charge in [0.1, 0.15) is 5.82 Å². The van der Waals surface area contributed by atoms with Crippen molar-refractivity contribution in [1.29, 1.82) is 0 Å². The van der Waals surface area contributed by atoms with Crippen molar-refractivity contribution in [1.82, 2.24) is 14.1 Å². The predicted molar refractivity (Wildman–Crippen MR) is 224 cm³/mol. The van der Waals surface area contributed by atoms with Gasteiger partial charge < -0.3 is 19.1 Å². The first-order valence-corrected chi connectivity index (χ1v) is 18.6. The van der Waals surface area contributed by atoms with Crippen LogP contribution in [0.2, 0.25) is 0 Å². The second kappa shape index (κ2) is 11.5. The summed E-state index contributed by atoms with van der Waals surface area (Å²) in [6.45, 7) is 0. The fraction of sp³-hybridized carbons (Fsp3) is 0. The third-order valence-electron chi connectivity index (χ3n) is 11.0. The van der Waals surface area contributed by atoms with E-state index in [1.165, 1.54) is 21.8 Å². The molecule has 0 fully saturated rings. The van der Waals surface area contributed by atoms with Gasteiger partial charge in [0.25, 0.3) is 0 Å². The topological polar surface area (TPSA) is 38.5 Å². The maximum absolute atomic E-state index is 6.28. The third-order valence-corrected chi connectivity index (χ3v) is 11.0. The first-order valence-electron chi connectivity index (χ1n) is 18.6. The minimum absolute atomic E-state index is 0.834. The van der Waals surface area contributed by atoms with E-state index in [0.29, 0.717) is 0 Å². The highest BCUT2D eigenvalue weighted by atomic mass is 16.5. The molecule has 6 heteroatoms. The number of hydrogen-bond acceptors (Lipinski definition) is 4. The fourth-order valence-electron chi connectivity index (χ4n) is 8.66. The molecule has 12 rings (SSSR count). The molecule has 0 saturated carbocycles. The molecule has 0 unspecified atom stereocenters. The van der Waals surface area contributed by atoms with Crippen molar-refractivity contribution in [2.75, 3.05) is 9.80 Å². The quantitative estimate of drug-likeness (QED) is 0.183. The molecular formula is C49H31N5O. The van der Waals surface area contributed by atoms with Gasteiger partial charge in [0, 0.05) is 33.4 Å². The largest absolute Gasteiger partial charge is 0.453 e. The van der Waals surface area contributed by atoms with Crippen molar-refractivity contribution >= 4 is 67.0 Å². The van der Waals surface area contributed by atoms with Crippen LogP contribution >= 0.6 is 0 Å². The number of fused-ring (bicyclic) bond motifs is 8. The summed E-state index contributed by atoms with van der Waals surface area (Å²) in [7, 11) is 0. The fourth-order valence-corrected chi connectivity index (χ4v) is 8.66. The van der Waals surface area contributed by atoms with E-state index < -0.39 is 0 Å². The normalized spacial score (nSPS) is 12.8. The van der Waals surface area contributed by atoms with Crippen LogP contribution in [0.1, 0.15) is 0 Å². The zero-order valence-corrected chi connectivity index (χ0v) is 29.5. The molecule has 0 amide bonds. The average molecular weight is 706 g/mol. The van der Waals surface area contributed by atoms with Crippen molar-refractivity contribution in [3.8, 4) is 34.3 Å². The van der Waals surface area contributed by atoms with Crippen LogP contribution in [0.15, 0.2) is 188 Å². The Balaban J connectivity index is 1.03. The van der Waals surface area contributed by atoms with Crippen LogP contribution in [0.25, 0.3) is 55.6 Å². The van der Waals surface area contributed by atoms with Gasteiger partial charge in [0.2, 0.25) is 0 Å².